The Bertz CT molecular complexity index is 1150. The zero-order valence-corrected chi connectivity index (χ0v) is 17.7. The molecule has 4 aromatic rings. The molecule has 146 valence electrons. The van der Waals surface area contributed by atoms with Gasteiger partial charge < -0.3 is 9.80 Å². The Kier molecular flexibility index (Phi) is 4.91. The summed E-state index contributed by atoms with van der Waals surface area (Å²) in [5.74, 6) is 0.992. The van der Waals surface area contributed by atoms with E-state index in [1.165, 1.54) is 22.9 Å². The number of hydrogen-bond donors (Lipinski definition) is 0. The van der Waals surface area contributed by atoms with Crippen molar-refractivity contribution in [2.24, 2.45) is 0 Å². The number of carbonyl (C=O) groups is 1. The lowest BCUT2D eigenvalue weighted by molar-refractivity contribution is 0.0751. The average molecular weight is 442 g/mol. The van der Waals surface area contributed by atoms with Gasteiger partial charge in [-0.15, -0.1) is 11.3 Å². The summed E-state index contributed by atoms with van der Waals surface area (Å²) in [5, 5.41) is 2.63. The third-order valence-electron chi connectivity index (χ3n) is 4.95. The summed E-state index contributed by atoms with van der Waals surface area (Å²) in [6.07, 6.45) is 1.59. The zero-order chi connectivity index (χ0) is 19.8. The van der Waals surface area contributed by atoms with Crippen LogP contribution in [0.5, 0.6) is 0 Å². The van der Waals surface area contributed by atoms with E-state index in [0.29, 0.717) is 18.1 Å². The molecule has 1 amide bonds. The van der Waals surface area contributed by atoms with Gasteiger partial charge in [0.2, 0.25) is 0 Å². The quantitative estimate of drug-likeness (QED) is 0.470. The van der Waals surface area contributed by atoms with E-state index < -0.39 is 0 Å². The molecule has 0 spiro atoms. The lowest BCUT2D eigenvalue weighted by Crippen LogP contribution is -2.48. The van der Waals surface area contributed by atoms with Crippen molar-refractivity contribution in [1.82, 2.24) is 19.2 Å². The first-order valence-corrected chi connectivity index (χ1v) is 11.2. The van der Waals surface area contributed by atoms with Crippen LogP contribution >= 0.6 is 34.5 Å². The van der Waals surface area contributed by atoms with Crippen LogP contribution in [0.2, 0.25) is 5.02 Å². The van der Waals surface area contributed by atoms with Gasteiger partial charge in [0.25, 0.3) is 5.91 Å². The topological polar surface area (TPSA) is 62.2 Å². The molecule has 0 atom stereocenters. The number of thiophene rings is 1. The van der Waals surface area contributed by atoms with Crippen molar-refractivity contribution in [1.29, 1.82) is 0 Å². The van der Waals surface area contributed by atoms with E-state index in [2.05, 4.69) is 19.2 Å². The molecule has 0 N–H and O–H groups in total. The molecule has 4 heterocycles. The van der Waals surface area contributed by atoms with Crippen LogP contribution in [0.25, 0.3) is 21.5 Å². The van der Waals surface area contributed by atoms with Crippen molar-refractivity contribution >= 4 is 56.4 Å². The first kappa shape index (κ1) is 18.5. The summed E-state index contributed by atoms with van der Waals surface area (Å²) >= 11 is 8.90. The highest BCUT2D eigenvalue weighted by atomic mass is 35.5. The number of anilines is 1. The molecule has 1 aliphatic heterocycles. The van der Waals surface area contributed by atoms with E-state index in [1.807, 2.05) is 46.7 Å². The van der Waals surface area contributed by atoms with E-state index >= 15 is 0 Å². The summed E-state index contributed by atoms with van der Waals surface area (Å²) in [6, 6.07) is 11.4. The minimum Gasteiger partial charge on any atom is -0.352 e. The molecule has 0 unspecified atom stereocenters. The maximum absolute atomic E-state index is 12.6. The molecule has 1 aromatic carbocycles. The van der Waals surface area contributed by atoms with E-state index in [-0.39, 0.29) is 5.91 Å². The number of fused-ring (bicyclic) bond motifs is 1. The van der Waals surface area contributed by atoms with Crippen LogP contribution in [0.1, 0.15) is 9.67 Å². The van der Waals surface area contributed by atoms with Gasteiger partial charge in [0.15, 0.2) is 5.82 Å². The summed E-state index contributed by atoms with van der Waals surface area (Å²) in [7, 11) is 0. The fraction of sp³-hybridized carbons (Fsp3) is 0.200. The standard InChI is InChI=1S/C20H16ClN5OS2/c21-14-5-3-13(4-6-14)16-17-18(29-24-16)19(23-12-22-17)25-7-9-26(10-8-25)20(27)15-2-1-11-28-15/h1-6,11-12H,7-10H2. The number of halogens is 1. The van der Waals surface area contributed by atoms with Crippen LogP contribution < -0.4 is 4.90 Å². The molecule has 1 fully saturated rings. The Labute approximate surface area is 180 Å². The highest BCUT2D eigenvalue weighted by Gasteiger charge is 2.25. The minimum atomic E-state index is 0.107. The van der Waals surface area contributed by atoms with E-state index in [9.17, 15) is 4.79 Å². The summed E-state index contributed by atoms with van der Waals surface area (Å²) in [4.78, 5) is 26.5. The average Bonchev–Trinajstić information content (AvgIpc) is 3.44. The number of benzene rings is 1. The smallest absolute Gasteiger partial charge is 0.264 e. The summed E-state index contributed by atoms with van der Waals surface area (Å²) in [6.45, 7) is 2.81. The van der Waals surface area contributed by atoms with Crippen molar-refractivity contribution in [3.8, 4) is 11.3 Å². The number of nitrogens with zero attached hydrogens (tertiary/aromatic N) is 5. The summed E-state index contributed by atoms with van der Waals surface area (Å²) in [5.41, 5.74) is 2.67. The number of piperazine rings is 1. The predicted molar refractivity (Wildman–Crippen MR) is 118 cm³/mol. The van der Waals surface area contributed by atoms with E-state index in [0.717, 1.165) is 45.3 Å². The Morgan fingerprint density at radius 1 is 1.03 bits per heavy atom. The minimum absolute atomic E-state index is 0.107. The molecule has 3 aromatic heterocycles. The van der Waals surface area contributed by atoms with E-state index in [1.54, 1.807) is 6.33 Å². The van der Waals surface area contributed by atoms with Crippen LogP contribution in [0.15, 0.2) is 48.1 Å². The van der Waals surface area contributed by atoms with Gasteiger partial charge in [0.1, 0.15) is 22.2 Å². The van der Waals surface area contributed by atoms with Gasteiger partial charge in [-0.1, -0.05) is 29.8 Å². The Hall–Kier alpha value is -2.55. The van der Waals surface area contributed by atoms with Crippen LogP contribution in [0.3, 0.4) is 0 Å². The molecule has 0 bridgehead atoms. The molecule has 5 rings (SSSR count). The van der Waals surface area contributed by atoms with Gasteiger partial charge in [0.05, 0.1) is 4.88 Å². The van der Waals surface area contributed by atoms with Gasteiger partial charge >= 0.3 is 0 Å². The van der Waals surface area contributed by atoms with Gasteiger partial charge in [-0.3, -0.25) is 4.79 Å². The van der Waals surface area contributed by atoms with Crippen molar-refractivity contribution in [2.75, 3.05) is 31.1 Å². The lowest BCUT2D eigenvalue weighted by atomic mass is 10.1. The second-order valence-electron chi connectivity index (χ2n) is 6.67. The number of aromatic nitrogens is 3. The maximum Gasteiger partial charge on any atom is 0.264 e. The molecular weight excluding hydrogens is 426 g/mol. The number of hydrogen-bond acceptors (Lipinski definition) is 7. The first-order chi connectivity index (χ1) is 14.2. The SMILES string of the molecule is O=C(c1cccs1)N1CCN(c2ncnc3c(-c4ccc(Cl)cc4)nsc23)CC1. The monoisotopic (exact) mass is 441 g/mol. The number of carbonyl (C=O) groups excluding carboxylic acids is 1. The Morgan fingerprint density at radius 3 is 2.55 bits per heavy atom. The van der Waals surface area contributed by atoms with Gasteiger partial charge in [-0.05, 0) is 35.1 Å². The second kappa shape index (κ2) is 7.70. The van der Waals surface area contributed by atoms with Crippen molar-refractivity contribution in [3.63, 3.8) is 0 Å². The van der Waals surface area contributed by atoms with Crippen molar-refractivity contribution in [3.05, 3.63) is 58.0 Å². The fourth-order valence-corrected chi connectivity index (χ4v) is 5.14. The van der Waals surface area contributed by atoms with Crippen LogP contribution in [0, 0.1) is 0 Å². The normalized spacial score (nSPS) is 14.5. The number of amides is 1. The third-order valence-corrected chi connectivity index (χ3v) is 6.90. The Balaban J connectivity index is 1.39. The molecule has 1 aliphatic rings. The highest BCUT2D eigenvalue weighted by Crippen LogP contribution is 2.34. The van der Waals surface area contributed by atoms with Gasteiger partial charge in [0, 0.05) is 36.8 Å². The second-order valence-corrected chi connectivity index (χ2v) is 8.83. The molecule has 0 aliphatic carbocycles. The predicted octanol–water partition coefficient (Wildman–Crippen LogP) is 4.43. The maximum atomic E-state index is 12.6. The van der Waals surface area contributed by atoms with Gasteiger partial charge in [-0.25, -0.2) is 9.97 Å². The van der Waals surface area contributed by atoms with E-state index in [4.69, 9.17) is 11.6 Å². The van der Waals surface area contributed by atoms with Crippen LogP contribution in [-0.2, 0) is 0 Å². The van der Waals surface area contributed by atoms with Gasteiger partial charge in [-0.2, -0.15) is 4.37 Å². The lowest BCUT2D eigenvalue weighted by Gasteiger charge is -2.35. The third kappa shape index (κ3) is 3.48. The van der Waals surface area contributed by atoms with Crippen LogP contribution in [0.4, 0.5) is 5.82 Å². The molecule has 0 saturated carbocycles. The number of rotatable bonds is 3. The molecule has 29 heavy (non-hydrogen) atoms. The molecule has 0 radical (unpaired) electrons. The highest BCUT2D eigenvalue weighted by molar-refractivity contribution is 7.14. The van der Waals surface area contributed by atoms with Crippen molar-refractivity contribution < 1.29 is 4.79 Å². The molecule has 9 heteroatoms. The fourth-order valence-electron chi connectivity index (χ4n) is 3.45. The molecule has 6 nitrogen and oxygen atoms in total. The summed E-state index contributed by atoms with van der Waals surface area (Å²) < 4.78 is 5.60. The van der Waals surface area contributed by atoms with Crippen molar-refractivity contribution in [2.45, 2.75) is 0 Å². The largest absolute Gasteiger partial charge is 0.352 e. The Morgan fingerprint density at radius 2 is 1.83 bits per heavy atom. The zero-order valence-electron chi connectivity index (χ0n) is 15.3. The first-order valence-electron chi connectivity index (χ1n) is 9.15. The molecule has 1 saturated heterocycles. The molecular formula is C20H16ClN5OS2. The van der Waals surface area contributed by atoms with Crippen LogP contribution in [-0.4, -0.2) is 51.3 Å².